The third-order valence-corrected chi connectivity index (χ3v) is 6.80. The number of hydrogen-bond donors (Lipinski definition) is 0. The van der Waals surface area contributed by atoms with E-state index in [0.29, 0.717) is 5.92 Å². The Kier molecular flexibility index (Phi) is 5.81. The zero-order valence-corrected chi connectivity index (χ0v) is 16.5. The first-order valence-electron chi connectivity index (χ1n) is 9.05. The molecule has 2 aromatic carbocycles. The summed E-state index contributed by atoms with van der Waals surface area (Å²) in [6.07, 6.45) is 0. The minimum absolute atomic E-state index is 0.0654. The summed E-state index contributed by atoms with van der Waals surface area (Å²) in [5.41, 5.74) is 0.435. The molecular weight excluding hydrogens is 386 g/mol. The van der Waals surface area contributed by atoms with Crippen LogP contribution in [0.25, 0.3) is 0 Å². The molecule has 8 heteroatoms. The normalized spacial score (nSPS) is 15.8. The minimum atomic E-state index is -3.69. The fourth-order valence-corrected chi connectivity index (χ4v) is 4.59. The molecule has 0 unspecified atom stereocenters. The van der Waals surface area contributed by atoms with Gasteiger partial charge in [-0.25, -0.2) is 17.2 Å². The number of benzene rings is 2. The van der Waals surface area contributed by atoms with Crippen LogP contribution >= 0.6 is 0 Å². The van der Waals surface area contributed by atoms with Crippen LogP contribution < -0.4 is 0 Å². The van der Waals surface area contributed by atoms with E-state index in [1.54, 1.807) is 24.3 Å². The topological polar surface area (TPSA) is 57.7 Å². The van der Waals surface area contributed by atoms with Gasteiger partial charge in [-0.2, -0.15) is 4.31 Å². The quantitative estimate of drug-likeness (QED) is 0.781. The number of carbonyl (C=O) groups excluding carboxylic acids is 1. The molecule has 1 fully saturated rings. The van der Waals surface area contributed by atoms with E-state index < -0.39 is 33.1 Å². The van der Waals surface area contributed by atoms with Crippen LogP contribution in [0.5, 0.6) is 0 Å². The maximum Gasteiger partial charge on any atom is 0.259 e. The lowest BCUT2D eigenvalue weighted by atomic mass is 10.0. The van der Waals surface area contributed by atoms with Crippen molar-refractivity contribution in [3.8, 4) is 0 Å². The number of rotatable bonds is 4. The molecule has 150 valence electrons. The van der Waals surface area contributed by atoms with E-state index in [-0.39, 0.29) is 31.1 Å². The molecule has 0 N–H and O–H groups in total. The highest BCUT2D eigenvalue weighted by Crippen LogP contribution is 2.22. The Morgan fingerprint density at radius 3 is 1.96 bits per heavy atom. The average Bonchev–Trinajstić information content (AvgIpc) is 2.68. The molecule has 0 bridgehead atoms. The van der Waals surface area contributed by atoms with Crippen LogP contribution in [0.4, 0.5) is 8.78 Å². The van der Waals surface area contributed by atoms with Crippen LogP contribution in [0, 0.1) is 11.6 Å². The second kappa shape index (κ2) is 7.97. The van der Waals surface area contributed by atoms with Crippen LogP contribution in [-0.2, 0) is 10.0 Å². The predicted octanol–water partition coefficient (Wildman–Crippen LogP) is 3.23. The van der Waals surface area contributed by atoms with Gasteiger partial charge < -0.3 is 4.90 Å². The van der Waals surface area contributed by atoms with Crippen molar-refractivity contribution in [3.05, 3.63) is 65.2 Å². The summed E-state index contributed by atoms with van der Waals surface area (Å²) in [7, 11) is -3.69. The van der Waals surface area contributed by atoms with Crippen molar-refractivity contribution in [2.75, 3.05) is 26.2 Å². The van der Waals surface area contributed by atoms with E-state index in [1.807, 2.05) is 13.8 Å². The Morgan fingerprint density at radius 1 is 0.929 bits per heavy atom. The van der Waals surface area contributed by atoms with Crippen molar-refractivity contribution in [2.45, 2.75) is 24.7 Å². The van der Waals surface area contributed by atoms with Crippen molar-refractivity contribution in [2.24, 2.45) is 0 Å². The molecule has 28 heavy (non-hydrogen) atoms. The van der Waals surface area contributed by atoms with Crippen LogP contribution in [0.15, 0.2) is 47.4 Å². The lowest BCUT2D eigenvalue weighted by Crippen LogP contribution is -2.50. The molecule has 0 radical (unpaired) electrons. The van der Waals surface area contributed by atoms with Gasteiger partial charge in [0.25, 0.3) is 5.91 Å². The van der Waals surface area contributed by atoms with Crippen LogP contribution in [0.3, 0.4) is 0 Å². The van der Waals surface area contributed by atoms with Gasteiger partial charge in [0.15, 0.2) is 0 Å². The van der Waals surface area contributed by atoms with Crippen LogP contribution in [0.1, 0.15) is 35.7 Å². The predicted molar refractivity (Wildman–Crippen MR) is 102 cm³/mol. The lowest BCUT2D eigenvalue weighted by Gasteiger charge is -2.34. The Morgan fingerprint density at radius 2 is 1.46 bits per heavy atom. The number of sulfonamides is 1. The van der Waals surface area contributed by atoms with E-state index in [0.717, 1.165) is 17.7 Å². The summed E-state index contributed by atoms with van der Waals surface area (Å²) in [5.74, 6) is -2.32. The number of amides is 1. The third kappa shape index (κ3) is 3.93. The average molecular weight is 408 g/mol. The van der Waals surface area contributed by atoms with Crippen LogP contribution in [-0.4, -0.2) is 49.7 Å². The van der Waals surface area contributed by atoms with Gasteiger partial charge in [-0.05, 0) is 35.7 Å². The molecule has 1 aliphatic rings. The zero-order valence-electron chi connectivity index (χ0n) is 15.7. The summed E-state index contributed by atoms with van der Waals surface area (Å²) >= 11 is 0. The standard InChI is InChI=1S/C20H22F2N2O3S/c1-14(2)15-6-8-16(9-7-15)28(26,27)24-12-10-23(11-13-24)20(25)19-17(21)4-3-5-18(19)22/h3-9,14H,10-13H2,1-2H3. The van der Waals surface area contributed by atoms with Crippen LogP contribution in [0.2, 0.25) is 0 Å². The van der Waals surface area contributed by atoms with E-state index in [1.165, 1.54) is 15.3 Å². The third-order valence-electron chi connectivity index (χ3n) is 4.89. The highest BCUT2D eigenvalue weighted by molar-refractivity contribution is 7.89. The number of hydrogen-bond acceptors (Lipinski definition) is 3. The highest BCUT2D eigenvalue weighted by atomic mass is 32.2. The van der Waals surface area contributed by atoms with Crippen molar-refractivity contribution < 1.29 is 22.0 Å². The fourth-order valence-electron chi connectivity index (χ4n) is 3.17. The Balaban J connectivity index is 1.71. The summed E-state index contributed by atoms with van der Waals surface area (Å²) in [5, 5.41) is 0. The van der Waals surface area contributed by atoms with Crippen molar-refractivity contribution in [1.82, 2.24) is 9.21 Å². The molecule has 1 saturated heterocycles. The molecule has 0 atom stereocenters. The number of piperazine rings is 1. The fraction of sp³-hybridized carbons (Fsp3) is 0.350. The first-order valence-corrected chi connectivity index (χ1v) is 10.5. The maximum atomic E-state index is 13.8. The molecule has 0 aromatic heterocycles. The molecule has 5 nitrogen and oxygen atoms in total. The van der Waals surface area contributed by atoms with E-state index in [2.05, 4.69) is 0 Å². The molecule has 0 saturated carbocycles. The molecule has 0 spiro atoms. The summed E-state index contributed by atoms with van der Waals surface area (Å²) in [4.78, 5) is 13.9. The molecule has 1 amide bonds. The molecule has 1 aliphatic heterocycles. The summed E-state index contributed by atoms with van der Waals surface area (Å²) in [6, 6.07) is 9.98. The van der Waals surface area contributed by atoms with E-state index in [9.17, 15) is 22.0 Å². The van der Waals surface area contributed by atoms with Gasteiger partial charge in [0.05, 0.1) is 4.90 Å². The van der Waals surface area contributed by atoms with E-state index >= 15 is 0 Å². The van der Waals surface area contributed by atoms with E-state index in [4.69, 9.17) is 0 Å². The molecule has 1 heterocycles. The molecular formula is C20H22F2N2O3S. The van der Waals surface area contributed by atoms with Gasteiger partial charge >= 0.3 is 0 Å². The zero-order chi connectivity index (χ0) is 20.5. The first kappa shape index (κ1) is 20.4. The van der Waals surface area contributed by atoms with Gasteiger partial charge in [-0.15, -0.1) is 0 Å². The maximum absolute atomic E-state index is 13.8. The molecule has 2 aromatic rings. The van der Waals surface area contributed by atoms with Gasteiger partial charge in [0.1, 0.15) is 17.2 Å². The first-order chi connectivity index (χ1) is 13.2. The number of nitrogens with zero attached hydrogens (tertiary/aromatic N) is 2. The second-order valence-electron chi connectivity index (χ2n) is 7.02. The SMILES string of the molecule is CC(C)c1ccc(S(=O)(=O)N2CCN(C(=O)c3c(F)cccc3F)CC2)cc1. The summed E-state index contributed by atoms with van der Waals surface area (Å²) < 4.78 is 54.6. The minimum Gasteiger partial charge on any atom is -0.336 e. The smallest absolute Gasteiger partial charge is 0.259 e. The van der Waals surface area contributed by atoms with Crippen molar-refractivity contribution in [1.29, 1.82) is 0 Å². The highest BCUT2D eigenvalue weighted by Gasteiger charge is 2.32. The lowest BCUT2D eigenvalue weighted by molar-refractivity contribution is 0.0688. The Bertz CT molecular complexity index is 947. The monoisotopic (exact) mass is 408 g/mol. The largest absolute Gasteiger partial charge is 0.336 e. The van der Waals surface area contributed by atoms with Crippen molar-refractivity contribution in [3.63, 3.8) is 0 Å². The van der Waals surface area contributed by atoms with Gasteiger partial charge in [0, 0.05) is 26.2 Å². The van der Waals surface area contributed by atoms with Gasteiger partial charge in [-0.3, -0.25) is 4.79 Å². The van der Waals surface area contributed by atoms with Gasteiger partial charge in [0.2, 0.25) is 10.0 Å². The molecule has 3 rings (SSSR count). The Hall–Kier alpha value is -2.32. The van der Waals surface area contributed by atoms with Gasteiger partial charge in [-0.1, -0.05) is 32.0 Å². The number of halogens is 2. The Labute approximate surface area is 163 Å². The molecule has 0 aliphatic carbocycles. The second-order valence-corrected chi connectivity index (χ2v) is 8.95. The number of carbonyl (C=O) groups is 1. The summed E-state index contributed by atoms with van der Waals surface area (Å²) in [6.45, 7) is 4.31. The van der Waals surface area contributed by atoms with Crippen molar-refractivity contribution >= 4 is 15.9 Å².